The summed E-state index contributed by atoms with van der Waals surface area (Å²) in [6.45, 7) is 7.51. The van der Waals surface area contributed by atoms with E-state index in [-0.39, 0.29) is 17.8 Å². The van der Waals surface area contributed by atoms with Crippen LogP contribution in [0.15, 0.2) is 48.5 Å². The number of rotatable bonds is 17. The van der Waals surface area contributed by atoms with E-state index >= 15 is 0 Å². The predicted octanol–water partition coefficient (Wildman–Crippen LogP) is 2.78. The topological polar surface area (TPSA) is 148 Å². The Bertz CT molecular complexity index is 1160. The molecule has 210 valence electrons. The molecular formula is C27H37FN8O3. The third-order valence-corrected chi connectivity index (χ3v) is 5.23. The SMILES string of the molecule is CC(C)Nc1nc(NCc2ccc(C(=O)NCCOCCOCCN)cc2)nc(NCc2cccc(F)c2)n1. The Morgan fingerprint density at radius 2 is 1.51 bits per heavy atom. The van der Waals surface area contributed by atoms with Crippen LogP contribution >= 0.6 is 0 Å². The van der Waals surface area contributed by atoms with Gasteiger partial charge in [-0.05, 0) is 49.2 Å². The molecule has 6 N–H and O–H groups in total. The highest BCUT2D eigenvalue weighted by atomic mass is 19.1. The third-order valence-electron chi connectivity index (χ3n) is 5.23. The molecule has 11 nitrogen and oxygen atoms in total. The van der Waals surface area contributed by atoms with Gasteiger partial charge < -0.3 is 36.5 Å². The highest BCUT2D eigenvalue weighted by molar-refractivity contribution is 5.94. The summed E-state index contributed by atoms with van der Waals surface area (Å²) in [7, 11) is 0. The van der Waals surface area contributed by atoms with Crippen LogP contribution in [0.2, 0.25) is 0 Å². The van der Waals surface area contributed by atoms with Gasteiger partial charge in [-0.3, -0.25) is 4.79 Å². The maximum Gasteiger partial charge on any atom is 0.251 e. The third kappa shape index (κ3) is 11.2. The molecule has 0 bridgehead atoms. The molecule has 0 fully saturated rings. The van der Waals surface area contributed by atoms with Crippen molar-refractivity contribution >= 4 is 23.8 Å². The monoisotopic (exact) mass is 540 g/mol. The summed E-state index contributed by atoms with van der Waals surface area (Å²) >= 11 is 0. The molecule has 2 aromatic carbocycles. The van der Waals surface area contributed by atoms with Gasteiger partial charge in [0.15, 0.2) is 0 Å². The van der Waals surface area contributed by atoms with E-state index in [1.54, 1.807) is 18.2 Å². The number of amides is 1. The Balaban J connectivity index is 1.50. The number of hydrogen-bond donors (Lipinski definition) is 5. The molecule has 1 amide bonds. The van der Waals surface area contributed by atoms with Crippen molar-refractivity contribution in [2.45, 2.75) is 33.0 Å². The quantitative estimate of drug-likeness (QED) is 0.162. The van der Waals surface area contributed by atoms with Crippen LogP contribution in [0, 0.1) is 5.82 Å². The molecule has 0 saturated heterocycles. The van der Waals surface area contributed by atoms with E-state index in [1.165, 1.54) is 12.1 Å². The maximum atomic E-state index is 13.5. The molecule has 0 saturated carbocycles. The molecule has 1 aromatic heterocycles. The number of nitrogens with two attached hydrogens (primary N) is 1. The van der Waals surface area contributed by atoms with Crippen LogP contribution in [0.4, 0.5) is 22.2 Å². The molecule has 0 aliphatic carbocycles. The van der Waals surface area contributed by atoms with Crippen LogP contribution in [0.5, 0.6) is 0 Å². The van der Waals surface area contributed by atoms with Gasteiger partial charge in [0, 0.05) is 37.8 Å². The lowest BCUT2D eigenvalue weighted by Crippen LogP contribution is -2.27. The van der Waals surface area contributed by atoms with Crippen LogP contribution in [0.25, 0.3) is 0 Å². The number of aromatic nitrogens is 3. The lowest BCUT2D eigenvalue weighted by Gasteiger charge is -2.13. The van der Waals surface area contributed by atoms with E-state index in [2.05, 4.69) is 36.2 Å². The number of carbonyl (C=O) groups excluding carboxylic acids is 1. The number of halogens is 1. The number of ether oxygens (including phenoxy) is 2. The van der Waals surface area contributed by atoms with Gasteiger partial charge >= 0.3 is 0 Å². The number of hydrogen-bond acceptors (Lipinski definition) is 10. The van der Waals surface area contributed by atoms with Gasteiger partial charge in [0.1, 0.15) is 5.82 Å². The molecule has 3 aromatic rings. The Labute approximate surface area is 228 Å². The number of nitrogens with zero attached hydrogens (tertiary/aromatic N) is 3. The van der Waals surface area contributed by atoms with Crippen molar-refractivity contribution in [1.82, 2.24) is 20.3 Å². The first-order valence-electron chi connectivity index (χ1n) is 12.9. The number of benzene rings is 2. The zero-order valence-corrected chi connectivity index (χ0v) is 22.4. The summed E-state index contributed by atoms with van der Waals surface area (Å²) in [5.41, 5.74) is 7.62. The van der Waals surface area contributed by atoms with Gasteiger partial charge in [-0.15, -0.1) is 0 Å². The normalized spacial score (nSPS) is 10.9. The van der Waals surface area contributed by atoms with Crippen LogP contribution < -0.4 is 27.0 Å². The van der Waals surface area contributed by atoms with Gasteiger partial charge in [-0.1, -0.05) is 24.3 Å². The molecule has 0 radical (unpaired) electrons. The summed E-state index contributed by atoms with van der Waals surface area (Å²) in [6.07, 6.45) is 0. The fourth-order valence-electron chi connectivity index (χ4n) is 3.38. The van der Waals surface area contributed by atoms with Crippen molar-refractivity contribution in [1.29, 1.82) is 0 Å². The summed E-state index contributed by atoms with van der Waals surface area (Å²) in [6, 6.07) is 13.7. The van der Waals surface area contributed by atoms with Gasteiger partial charge in [-0.25, -0.2) is 4.39 Å². The molecule has 0 atom stereocenters. The largest absolute Gasteiger partial charge is 0.378 e. The Morgan fingerprint density at radius 1 is 0.872 bits per heavy atom. The van der Waals surface area contributed by atoms with Gasteiger partial charge in [0.25, 0.3) is 5.91 Å². The van der Waals surface area contributed by atoms with Crippen LogP contribution in [0.3, 0.4) is 0 Å². The highest BCUT2D eigenvalue weighted by Gasteiger charge is 2.09. The Kier molecular flexibility index (Phi) is 12.3. The molecular weight excluding hydrogens is 503 g/mol. The summed E-state index contributed by atoms with van der Waals surface area (Å²) < 4.78 is 24.1. The minimum atomic E-state index is -0.299. The molecule has 1 heterocycles. The number of nitrogens with one attached hydrogen (secondary N) is 4. The van der Waals surface area contributed by atoms with Gasteiger partial charge in [-0.2, -0.15) is 15.0 Å². The fourth-order valence-corrected chi connectivity index (χ4v) is 3.38. The van der Waals surface area contributed by atoms with Crippen molar-refractivity contribution < 1.29 is 18.7 Å². The van der Waals surface area contributed by atoms with E-state index in [0.717, 1.165) is 11.1 Å². The van der Waals surface area contributed by atoms with Crippen molar-refractivity contribution in [3.05, 3.63) is 71.0 Å². The molecule has 39 heavy (non-hydrogen) atoms. The first kappa shape index (κ1) is 29.7. The minimum Gasteiger partial charge on any atom is -0.378 e. The molecule has 0 aliphatic heterocycles. The Morgan fingerprint density at radius 3 is 2.15 bits per heavy atom. The van der Waals surface area contributed by atoms with Crippen molar-refractivity contribution in [2.75, 3.05) is 55.5 Å². The first-order chi connectivity index (χ1) is 18.9. The highest BCUT2D eigenvalue weighted by Crippen LogP contribution is 2.14. The zero-order valence-electron chi connectivity index (χ0n) is 22.4. The minimum absolute atomic E-state index is 0.122. The molecule has 12 heteroatoms. The second-order valence-electron chi connectivity index (χ2n) is 8.91. The number of carbonyl (C=O) groups is 1. The van der Waals surface area contributed by atoms with Crippen LogP contribution in [-0.2, 0) is 22.6 Å². The lowest BCUT2D eigenvalue weighted by atomic mass is 10.1. The van der Waals surface area contributed by atoms with Crippen molar-refractivity contribution in [2.24, 2.45) is 5.73 Å². The average molecular weight is 541 g/mol. The van der Waals surface area contributed by atoms with Crippen molar-refractivity contribution in [3.63, 3.8) is 0 Å². The number of anilines is 3. The molecule has 0 unspecified atom stereocenters. The van der Waals surface area contributed by atoms with Crippen LogP contribution in [0.1, 0.15) is 35.3 Å². The van der Waals surface area contributed by atoms with Crippen LogP contribution in [-0.4, -0.2) is 66.4 Å². The van der Waals surface area contributed by atoms with E-state index in [1.807, 2.05) is 32.0 Å². The maximum absolute atomic E-state index is 13.5. The lowest BCUT2D eigenvalue weighted by molar-refractivity contribution is 0.0511. The Hall–Kier alpha value is -3.87. The van der Waals surface area contributed by atoms with E-state index in [0.29, 0.717) is 76.0 Å². The smallest absolute Gasteiger partial charge is 0.251 e. The average Bonchev–Trinajstić information content (AvgIpc) is 2.92. The standard InChI is InChI=1S/C27H37FN8O3/c1-19(2)33-27-35-25(34-26(36-27)32-18-21-4-3-5-23(28)16-21)31-17-20-6-8-22(9-7-20)24(37)30-11-13-39-15-14-38-12-10-29/h3-9,16,19H,10-15,17-18,29H2,1-2H3,(H,30,37)(H3,31,32,33,34,35,36). The molecule has 3 rings (SSSR count). The first-order valence-corrected chi connectivity index (χ1v) is 12.9. The molecule has 0 spiro atoms. The zero-order chi connectivity index (χ0) is 27.9. The van der Waals surface area contributed by atoms with E-state index < -0.39 is 0 Å². The fraction of sp³-hybridized carbons (Fsp3) is 0.407. The van der Waals surface area contributed by atoms with E-state index in [4.69, 9.17) is 15.2 Å². The van der Waals surface area contributed by atoms with Gasteiger partial charge in [0.05, 0.1) is 26.4 Å². The van der Waals surface area contributed by atoms with Crippen molar-refractivity contribution in [3.8, 4) is 0 Å². The molecule has 0 aliphatic rings. The summed E-state index contributed by atoms with van der Waals surface area (Å²) in [5, 5.41) is 12.3. The predicted molar refractivity (Wildman–Crippen MR) is 149 cm³/mol. The second-order valence-corrected chi connectivity index (χ2v) is 8.91. The van der Waals surface area contributed by atoms with Gasteiger partial charge in [0.2, 0.25) is 17.8 Å². The second kappa shape index (κ2) is 16.2. The van der Waals surface area contributed by atoms with E-state index in [9.17, 15) is 9.18 Å². The summed E-state index contributed by atoms with van der Waals surface area (Å²) in [4.78, 5) is 25.7. The summed E-state index contributed by atoms with van der Waals surface area (Å²) in [5.74, 6) is 0.688.